The number of fused-ring (bicyclic) bond motifs is 1. The predicted octanol–water partition coefficient (Wildman–Crippen LogP) is 7.19. The first-order chi connectivity index (χ1) is 12.0. The highest BCUT2D eigenvalue weighted by Crippen LogP contribution is 2.39. The van der Waals surface area contributed by atoms with Gasteiger partial charge in [0.25, 0.3) is 0 Å². The Morgan fingerprint density at radius 3 is 2.40 bits per heavy atom. The van der Waals surface area contributed by atoms with Crippen LogP contribution in [0.3, 0.4) is 0 Å². The molecule has 5 heteroatoms. The van der Waals surface area contributed by atoms with Crippen molar-refractivity contribution in [1.82, 2.24) is 9.71 Å². The Morgan fingerprint density at radius 1 is 1.08 bits per heavy atom. The van der Waals surface area contributed by atoms with E-state index in [1.54, 1.807) is 0 Å². The maximum absolute atomic E-state index is 6.46. The molecule has 3 rings (SSSR count). The molecule has 1 heterocycles. The number of hydrogen-bond acceptors (Lipinski definition) is 3. The van der Waals surface area contributed by atoms with E-state index in [4.69, 9.17) is 16.6 Å². The summed E-state index contributed by atoms with van der Waals surface area (Å²) in [6, 6.07) is 12.2. The summed E-state index contributed by atoms with van der Waals surface area (Å²) in [7, 11) is 1.89. The van der Waals surface area contributed by atoms with Gasteiger partial charge in [-0.1, -0.05) is 59.6 Å². The summed E-state index contributed by atoms with van der Waals surface area (Å²) in [5.74, 6) is 0. The fourth-order valence-corrected chi connectivity index (χ4v) is 3.84. The van der Waals surface area contributed by atoms with E-state index in [1.807, 2.05) is 39.1 Å². The smallest absolute Gasteiger partial charge is 0.112 e. The van der Waals surface area contributed by atoms with Crippen LogP contribution >= 0.6 is 39.5 Å². The maximum Gasteiger partial charge on any atom is 0.112 e. The van der Waals surface area contributed by atoms with E-state index in [0.717, 1.165) is 36.6 Å². The molecule has 0 atom stereocenters. The van der Waals surface area contributed by atoms with Crippen molar-refractivity contribution in [3.8, 4) is 11.1 Å². The van der Waals surface area contributed by atoms with Crippen LogP contribution in [0.25, 0.3) is 22.0 Å². The average molecular weight is 438 g/mol. The van der Waals surface area contributed by atoms with Gasteiger partial charge in [0.1, 0.15) is 5.03 Å². The molecule has 1 N–H and O–H groups in total. The van der Waals surface area contributed by atoms with Crippen molar-refractivity contribution in [2.75, 3.05) is 7.05 Å². The van der Waals surface area contributed by atoms with Gasteiger partial charge in [0, 0.05) is 20.4 Å². The summed E-state index contributed by atoms with van der Waals surface area (Å²) in [5, 5.41) is 2.81. The van der Waals surface area contributed by atoms with Gasteiger partial charge in [-0.05, 0) is 67.7 Å². The fraction of sp³-hybridized carbons (Fsp3) is 0.250. The van der Waals surface area contributed by atoms with Crippen molar-refractivity contribution >= 4 is 50.4 Å². The Labute approximate surface area is 167 Å². The van der Waals surface area contributed by atoms with Gasteiger partial charge < -0.3 is 0 Å². The van der Waals surface area contributed by atoms with E-state index in [2.05, 4.69) is 52.7 Å². The Kier molecular flexibility index (Phi) is 7.32. The van der Waals surface area contributed by atoms with Gasteiger partial charge in [0.2, 0.25) is 0 Å². The summed E-state index contributed by atoms with van der Waals surface area (Å²) in [4.78, 5) is 4.78. The zero-order valence-electron chi connectivity index (χ0n) is 15.1. The minimum atomic E-state index is 0.747. The van der Waals surface area contributed by atoms with E-state index in [0.29, 0.717) is 0 Å². The van der Waals surface area contributed by atoms with Crippen molar-refractivity contribution in [2.24, 2.45) is 0 Å². The van der Waals surface area contributed by atoms with Crippen LogP contribution in [-0.2, 0) is 0 Å². The maximum atomic E-state index is 6.46. The number of benzene rings is 2. The number of aryl methyl sites for hydroxylation is 2. The molecule has 0 saturated carbocycles. The van der Waals surface area contributed by atoms with Gasteiger partial charge in [-0.2, -0.15) is 0 Å². The zero-order valence-corrected chi connectivity index (χ0v) is 18.2. The molecule has 0 fully saturated rings. The second-order valence-electron chi connectivity index (χ2n) is 5.32. The molecule has 0 aliphatic rings. The minimum Gasteiger partial charge on any atom is -0.262 e. The van der Waals surface area contributed by atoms with Gasteiger partial charge in [-0.25, -0.2) is 4.98 Å². The van der Waals surface area contributed by atoms with E-state index in [-0.39, 0.29) is 0 Å². The van der Waals surface area contributed by atoms with E-state index >= 15 is 0 Å². The second-order valence-corrected chi connectivity index (χ2v) is 7.55. The largest absolute Gasteiger partial charge is 0.262 e. The van der Waals surface area contributed by atoms with Gasteiger partial charge >= 0.3 is 0 Å². The van der Waals surface area contributed by atoms with Crippen molar-refractivity contribution in [2.45, 2.75) is 32.7 Å². The first kappa shape index (κ1) is 20.2. The highest BCUT2D eigenvalue weighted by atomic mass is 79.9. The number of nitrogens with one attached hydrogen (secondary N) is 1. The molecular weight excluding hydrogens is 416 g/mol. The monoisotopic (exact) mass is 436 g/mol. The molecule has 0 spiro atoms. The molecule has 0 radical (unpaired) electrons. The molecule has 25 heavy (non-hydrogen) atoms. The van der Waals surface area contributed by atoms with Crippen molar-refractivity contribution in [3.05, 3.63) is 57.0 Å². The van der Waals surface area contributed by atoms with E-state index < -0.39 is 0 Å². The summed E-state index contributed by atoms with van der Waals surface area (Å²) in [6.45, 7) is 8.21. The zero-order chi connectivity index (χ0) is 18.6. The number of aromatic nitrogens is 1. The number of pyridine rings is 1. The van der Waals surface area contributed by atoms with E-state index in [1.165, 1.54) is 23.1 Å². The highest BCUT2D eigenvalue weighted by molar-refractivity contribution is 9.10. The van der Waals surface area contributed by atoms with Crippen LogP contribution in [-0.4, -0.2) is 12.0 Å². The second kappa shape index (κ2) is 9.04. The number of hydrogen-bond donors (Lipinski definition) is 1. The Bertz CT molecular complexity index is 896. The van der Waals surface area contributed by atoms with Crippen LogP contribution in [0.4, 0.5) is 0 Å². The molecule has 2 aromatic carbocycles. The first-order valence-corrected chi connectivity index (χ1v) is 10.2. The van der Waals surface area contributed by atoms with Crippen LogP contribution in [0, 0.1) is 13.8 Å². The van der Waals surface area contributed by atoms with Gasteiger partial charge in [-0.15, -0.1) is 0 Å². The van der Waals surface area contributed by atoms with E-state index in [9.17, 15) is 0 Å². The summed E-state index contributed by atoms with van der Waals surface area (Å²) in [5.41, 5.74) is 5.48. The van der Waals surface area contributed by atoms with Gasteiger partial charge in [0.15, 0.2) is 0 Å². The third-order valence-corrected chi connectivity index (χ3v) is 5.97. The van der Waals surface area contributed by atoms with Crippen LogP contribution in [0.1, 0.15) is 25.0 Å². The number of rotatable bonds is 3. The minimum absolute atomic E-state index is 0.747. The van der Waals surface area contributed by atoms with Gasteiger partial charge in [-0.3, -0.25) is 4.72 Å². The molecule has 0 bridgehead atoms. The molecule has 1 aromatic heterocycles. The molecular formula is C20H22BrClN2S. The van der Waals surface area contributed by atoms with Crippen molar-refractivity contribution in [3.63, 3.8) is 0 Å². The Balaban J connectivity index is 0.00000109. The lowest BCUT2D eigenvalue weighted by Gasteiger charge is -2.15. The lowest BCUT2D eigenvalue weighted by molar-refractivity contribution is 1.16. The summed E-state index contributed by atoms with van der Waals surface area (Å²) in [6.07, 6.45) is 0. The Morgan fingerprint density at radius 2 is 1.76 bits per heavy atom. The molecule has 2 nitrogen and oxygen atoms in total. The van der Waals surface area contributed by atoms with Crippen LogP contribution in [0.5, 0.6) is 0 Å². The topological polar surface area (TPSA) is 24.9 Å². The quantitative estimate of drug-likeness (QED) is 0.439. The predicted molar refractivity (Wildman–Crippen MR) is 116 cm³/mol. The Hall–Kier alpha value is -1.07. The fourth-order valence-electron chi connectivity index (χ4n) is 2.76. The normalized spacial score (nSPS) is 10.5. The van der Waals surface area contributed by atoms with Crippen LogP contribution in [0.2, 0.25) is 5.02 Å². The molecule has 0 aliphatic carbocycles. The van der Waals surface area contributed by atoms with Crippen molar-refractivity contribution < 1.29 is 0 Å². The lowest BCUT2D eigenvalue weighted by Crippen LogP contribution is -1.97. The third-order valence-electron chi connectivity index (χ3n) is 3.80. The highest BCUT2D eigenvalue weighted by Gasteiger charge is 2.15. The molecule has 0 saturated heterocycles. The molecule has 0 amide bonds. The van der Waals surface area contributed by atoms with Crippen LogP contribution in [0.15, 0.2) is 45.9 Å². The standard InChI is InChI=1S/C18H16BrClN2S.C2H6/c1-10-8-15-17(11(2)18(10)19)13(9-16(22-15)23-21-3)12-6-4-5-7-14(12)20;1-2/h4-9,21H,1-3H3;1-2H3. The molecule has 0 unspecified atom stereocenters. The number of halogens is 2. The third kappa shape index (κ3) is 4.20. The lowest BCUT2D eigenvalue weighted by atomic mass is 9.96. The first-order valence-electron chi connectivity index (χ1n) is 8.22. The van der Waals surface area contributed by atoms with Crippen molar-refractivity contribution in [1.29, 1.82) is 0 Å². The number of nitrogens with zero attached hydrogens (tertiary/aromatic N) is 1. The average Bonchev–Trinajstić information content (AvgIpc) is 2.61. The van der Waals surface area contributed by atoms with Gasteiger partial charge in [0.05, 0.1) is 5.52 Å². The molecule has 132 valence electrons. The summed E-state index contributed by atoms with van der Waals surface area (Å²) >= 11 is 11.7. The summed E-state index contributed by atoms with van der Waals surface area (Å²) < 4.78 is 4.21. The molecule has 3 aromatic rings. The van der Waals surface area contributed by atoms with Crippen LogP contribution < -0.4 is 4.72 Å². The molecule has 0 aliphatic heterocycles. The SMILES string of the molecule is CC.CNSc1cc(-c2ccccc2Cl)c2c(C)c(Br)c(C)cc2n1.